The van der Waals surface area contributed by atoms with Crippen LogP contribution in [-0.4, -0.2) is 24.0 Å². The van der Waals surface area contributed by atoms with Crippen LogP contribution in [0.3, 0.4) is 0 Å². The molecule has 0 aromatic rings. The molecule has 2 rings (SSSR count). The summed E-state index contributed by atoms with van der Waals surface area (Å²) in [6.07, 6.45) is 8.69. The van der Waals surface area contributed by atoms with Crippen molar-refractivity contribution < 1.29 is 0 Å². The fourth-order valence-corrected chi connectivity index (χ4v) is 4.10. The fourth-order valence-electron chi connectivity index (χ4n) is 4.10. The maximum atomic E-state index is 2.81. The number of hydrogen-bond acceptors (Lipinski definition) is 1. The molecule has 1 nitrogen and oxygen atoms in total. The van der Waals surface area contributed by atoms with E-state index in [0.717, 1.165) is 23.8 Å². The first kappa shape index (κ1) is 12.4. The third-order valence-electron chi connectivity index (χ3n) is 4.89. The van der Waals surface area contributed by atoms with Crippen LogP contribution in [0.4, 0.5) is 0 Å². The Morgan fingerprint density at radius 3 is 2.69 bits per heavy atom. The molecule has 0 aromatic heterocycles. The molecule has 0 spiro atoms. The summed E-state index contributed by atoms with van der Waals surface area (Å²) in [5.41, 5.74) is 0. The Bertz CT molecular complexity index is 205. The van der Waals surface area contributed by atoms with Gasteiger partial charge in [0, 0.05) is 12.6 Å². The van der Waals surface area contributed by atoms with E-state index in [4.69, 9.17) is 0 Å². The van der Waals surface area contributed by atoms with Crippen LogP contribution in [0.25, 0.3) is 0 Å². The van der Waals surface area contributed by atoms with E-state index in [1.54, 1.807) is 0 Å². The summed E-state index contributed by atoms with van der Waals surface area (Å²) in [4.78, 5) is 2.81. The average Bonchev–Trinajstić information content (AvgIpc) is 2.29. The molecule has 2 aliphatic rings. The molecule has 0 N–H and O–H groups in total. The highest BCUT2D eigenvalue weighted by Crippen LogP contribution is 2.38. The highest BCUT2D eigenvalue weighted by Gasteiger charge is 2.37. The summed E-state index contributed by atoms with van der Waals surface area (Å²) in [6.45, 7) is 9.93. The predicted molar refractivity (Wildman–Crippen MR) is 70.6 cm³/mol. The lowest BCUT2D eigenvalue weighted by molar-refractivity contribution is 0.00966. The topological polar surface area (TPSA) is 3.24 Å². The molecular weight excluding hydrogens is 194 g/mol. The van der Waals surface area contributed by atoms with Gasteiger partial charge in [-0.1, -0.05) is 40.0 Å². The Balaban J connectivity index is 1.97. The van der Waals surface area contributed by atoms with Gasteiger partial charge in [0.25, 0.3) is 0 Å². The Labute approximate surface area is 102 Å². The zero-order valence-corrected chi connectivity index (χ0v) is 11.4. The SMILES string of the molecule is CCCC1CCN2CC(C)CC(CC)C2C1. The van der Waals surface area contributed by atoms with Crippen molar-refractivity contribution in [2.45, 2.75) is 65.3 Å². The van der Waals surface area contributed by atoms with Gasteiger partial charge >= 0.3 is 0 Å². The summed E-state index contributed by atoms with van der Waals surface area (Å²) in [5.74, 6) is 2.96. The summed E-state index contributed by atoms with van der Waals surface area (Å²) in [5, 5.41) is 0. The molecule has 0 radical (unpaired) electrons. The van der Waals surface area contributed by atoms with Crippen LogP contribution in [0.2, 0.25) is 0 Å². The summed E-state index contributed by atoms with van der Waals surface area (Å²) in [7, 11) is 0. The van der Waals surface area contributed by atoms with Crippen LogP contribution in [-0.2, 0) is 0 Å². The largest absolute Gasteiger partial charge is 0.300 e. The van der Waals surface area contributed by atoms with Crippen molar-refractivity contribution in [3.63, 3.8) is 0 Å². The normalized spacial score (nSPS) is 40.7. The van der Waals surface area contributed by atoms with Crippen LogP contribution in [0, 0.1) is 17.8 Å². The lowest BCUT2D eigenvalue weighted by atomic mass is 9.75. The van der Waals surface area contributed by atoms with Crippen molar-refractivity contribution in [3.8, 4) is 0 Å². The monoisotopic (exact) mass is 223 g/mol. The molecule has 1 heteroatoms. The molecule has 0 amide bonds. The summed E-state index contributed by atoms with van der Waals surface area (Å²) >= 11 is 0. The average molecular weight is 223 g/mol. The first-order chi connectivity index (χ1) is 7.74. The van der Waals surface area contributed by atoms with Crippen LogP contribution in [0.5, 0.6) is 0 Å². The molecule has 2 fully saturated rings. The number of piperidine rings is 2. The minimum Gasteiger partial charge on any atom is -0.300 e. The maximum Gasteiger partial charge on any atom is 0.0126 e. The number of rotatable bonds is 3. The molecule has 2 aliphatic heterocycles. The zero-order valence-electron chi connectivity index (χ0n) is 11.4. The first-order valence-electron chi connectivity index (χ1n) is 7.48. The predicted octanol–water partition coefficient (Wildman–Crippen LogP) is 3.93. The number of fused-ring (bicyclic) bond motifs is 1. The second kappa shape index (κ2) is 5.53. The maximum absolute atomic E-state index is 2.81. The molecule has 0 saturated carbocycles. The van der Waals surface area contributed by atoms with Gasteiger partial charge < -0.3 is 0 Å². The second-order valence-electron chi connectivity index (χ2n) is 6.25. The van der Waals surface area contributed by atoms with E-state index < -0.39 is 0 Å². The molecule has 4 unspecified atom stereocenters. The first-order valence-corrected chi connectivity index (χ1v) is 7.48. The molecule has 94 valence electrons. The van der Waals surface area contributed by atoms with Crippen molar-refractivity contribution in [2.24, 2.45) is 17.8 Å². The molecule has 0 bridgehead atoms. The lowest BCUT2D eigenvalue weighted by Gasteiger charge is -2.48. The van der Waals surface area contributed by atoms with Crippen LogP contribution >= 0.6 is 0 Å². The molecule has 2 heterocycles. The van der Waals surface area contributed by atoms with Gasteiger partial charge in [-0.25, -0.2) is 0 Å². The Morgan fingerprint density at radius 2 is 2.00 bits per heavy atom. The van der Waals surface area contributed by atoms with E-state index in [1.165, 1.54) is 51.6 Å². The van der Waals surface area contributed by atoms with E-state index >= 15 is 0 Å². The van der Waals surface area contributed by atoms with Gasteiger partial charge in [-0.3, -0.25) is 4.90 Å². The van der Waals surface area contributed by atoms with Gasteiger partial charge in [0.2, 0.25) is 0 Å². The summed E-state index contributed by atoms with van der Waals surface area (Å²) in [6, 6.07) is 0.937. The van der Waals surface area contributed by atoms with Crippen molar-refractivity contribution >= 4 is 0 Å². The van der Waals surface area contributed by atoms with Crippen molar-refractivity contribution in [1.82, 2.24) is 4.90 Å². The lowest BCUT2D eigenvalue weighted by Crippen LogP contribution is -2.52. The van der Waals surface area contributed by atoms with Gasteiger partial charge in [0.05, 0.1) is 0 Å². The molecule has 4 atom stereocenters. The highest BCUT2D eigenvalue weighted by atomic mass is 15.2. The van der Waals surface area contributed by atoms with Crippen LogP contribution in [0.1, 0.15) is 59.3 Å². The van der Waals surface area contributed by atoms with E-state index in [9.17, 15) is 0 Å². The van der Waals surface area contributed by atoms with Gasteiger partial charge in [-0.15, -0.1) is 0 Å². The fraction of sp³-hybridized carbons (Fsp3) is 1.00. The molecule has 0 aliphatic carbocycles. The molecule has 0 aromatic carbocycles. The van der Waals surface area contributed by atoms with Crippen LogP contribution in [0.15, 0.2) is 0 Å². The Morgan fingerprint density at radius 1 is 1.19 bits per heavy atom. The van der Waals surface area contributed by atoms with Crippen molar-refractivity contribution in [1.29, 1.82) is 0 Å². The second-order valence-corrected chi connectivity index (χ2v) is 6.25. The zero-order chi connectivity index (χ0) is 11.5. The molecular formula is C15H29N. The van der Waals surface area contributed by atoms with Crippen LogP contribution < -0.4 is 0 Å². The third-order valence-corrected chi connectivity index (χ3v) is 4.89. The minimum absolute atomic E-state index is 0.934. The van der Waals surface area contributed by atoms with Crippen molar-refractivity contribution in [2.75, 3.05) is 13.1 Å². The molecule has 16 heavy (non-hydrogen) atoms. The van der Waals surface area contributed by atoms with E-state index in [-0.39, 0.29) is 0 Å². The Hall–Kier alpha value is -0.0400. The highest BCUT2D eigenvalue weighted by molar-refractivity contribution is 4.91. The van der Waals surface area contributed by atoms with Crippen molar-refractivity contribution in [3.05, 3.63) is 0 Å². The number of hydrogen-bond donors (Lipinski definition) is 0. The van der Waals surface area contributed by atoms with E-state index in [0.29, 0.717) is 0 Å². The summed E-state index contributed by atoms with van der Waals surface area (Å²) < 4.78 is 0. The number of nitrogens with zero attached hydrogens (tertiary/aromatic N) is 1. The smallest absolute Gasteiger partial charge is 0.0126 e. The molecule has 2 saturated heterocycles. The van der Waals surface area contributed by atoms with Gasteiger partial charge in [0.15, 0.2) is 0 Å². The van der Waals surface area contributed by atoms with E-state index in [2.05, 4.69) is 25.7 Å². The van der Waals surface area contributed by atoms with Gasteiger partial charge in [-0.2, -0.15) is 0 Å². The Kier molecular flexibility index (Phi) is 4.29. The standard InChI is InChI=1S/C15H29N/c1-4-6-13-7-8-16-11-12(3)9-14(5-2)15(16)10-13/h12-15H,4-11H2,1-3H3. The quantitative estimate of drug-likeness (QED) is 0.700. The van der Waals surface area contributed by atoms with Gasteiger partial charge in [0.1, 0.15) is 0 Å². The van der Waals surface area contributed by atoms with Gasteiger partial charge in [-0.05, 0) is 43.6 Å². The third kappa shape index (κ3) is 2.61. The van der Waals surface area contributed by atoms with E-state index in [1.807, 2.05) is 0 Å². The minimum atomic E-state index is 0.934.